The first-order chi connectivity index (χ1) is 8.40. The molecule has 1 aromatic rings. The monoisotopic (exact) mass is 311 g/mol. The van der Waals surface area contributed by atoms with Crippen LogP contribution in [0.1, 0.15) is 19.4 Å². The maximum Gasteiger partial charge on any atom is 0.0371 e. The van der Waals surface area contributed by atoms with Gasteiger partial charge in [-0.05, 0) is 33.0 Å². The molecule has 0 amide bonds. The van der Waals surface area contributed by atoms with Gasteiger partial charge in [0, 0.05) is 47.4 Å². The second-order valence-electron chi connectivity index (χ2n) is 5.75. The molecule has 0 unspecified atom stereocenters. The summed E-state index contributed by atoms with van der Waals surface area (Å²) >= 11 is 3.60. The van der Waals surface area contributed by atoms with Crippen molar-refractivity contribution in [3.8, 4) is 0 Å². The molecule has 1 fully saturated rings. The summed E-state index contributed by atoms with van der Waals surface area (Å²) in [5.41, 5.74) is 8.38. The van der Waals surface area contributed by atoms with E-state index in [1.165, 1.54) is 5.56 Å². The summed E-state index contributed by atoms with van der Waals surface area (Å²) in [6, 6.07) is 6.02. The van der Waals surface area contributed by atoms with Gasteiger partial charge in [-0.15, -0.1) is 0 Å². The van der Waals surface area contributed by atoms with Crippen LogP contribution in [0.2, 0.25) is 0 Å². The first-order valence-electron chi connectivity index (χ1n) is 6.36. The van der Waals surface area contributed by atoms with Gasteiger partial charge >= 0.3 is 0 Å². The van der Waals surface area contributed by atoms with Gasteiger partial charge in [-0.2, -0.15) is 0 Å². The van der Waals surface area contributed by atoms with E-state index in [2.05, 4.69) is 52.7 Å². The number of hydrogen-bond acceptors (Lipinski definition) is 3. The molecule has 2 rings (SSSR count). The van der Waals surface area contributed by atoms with Crippen molar-refractivity contribution >= 4 is 21.6 Å². The van der Waals surface area contributed by atoms with Crippen LogP contribution in [0.25, 0.3) is 0 Å². The topological polar surface area (TPSA) is 32.5 Å². The molecule has 1 heterocycles. The number of nitrogens with zero attached hydrogens (tertiary/aromatic N) is 2. The number of halogens is 1. The molecule has 18 heavy (non-hydrogen) atoms. The lowest BCUT2D eigenvalue weighted by molar-refractivity contribution is 0.0360. The van der Waals surface area contributed by atoms with Crippen molar-refractivity contribution in [2.45, 2.75) is 25.9 Å². The molecule has 0 aliphatic carbocycles. The Balaban J connectivity index is 2.11. The first kappa shape index (κ1) is 13.8. The molecule has 0 radical (unpaired) electrons. The summed E-state index contributed by atoms with van der Waals surface area (Å²) in [6.07, 6.45) is 0. The van der Waals surface area contributed by atoms with Gasteiger partial charge in [-0.1, -0.05) is 22.0 Å². The van der Waals surface area contributed by atoms with E-state index in [0.717, 1.165) is 36.3 Å². The summed E-state index contributed by atoms with van der Waals surface area (Å²) in [7, 11) is 2.20. The number of likely N-dealkylation sites (N-methyl/N-ethyl adjacent to an activating group) is 1. The molecular formula is C14H22BrN3. The van der Waals surface area contributed by atoms with Crippen molar-refractivity contribution in [1.82, 2.24) is 9.80 Å². The lowest BCUT2D eigenvalue weighted by atomic mass is 9.99. The van der Waals surface area contributed by atoms with E-state index in [4.69, 9.17) is 5.73 Å². The highest BCUT2D eigenvalue weighted by Gasteiger charge is 2.31. The van der Waals surface area contributed by atoms with E-state index in [1.54, 1.807) is 0 Å². The van der Waals surface area contributed by atoms with Gasteiger partial charge in [0.1, 0.15) is 0 Å². The Morgan fingerprint density at radius 3 is 2.67 bits per heavy atom. The standard InChI is InChI=1S/C14H22BrN3/c1-14(2)10-18(8-7-17(14)3)9-11-12(15)5-4-6-13(11)16/h4-6H,7-10,16H2,1-3H3. The van der Waals surface area contributed by atoms with Gasteiger partial charge in [0.15, 0.2) is 0 Å². The third kappa shape index (κ3) is 2.87. The van der Waals surface area contributed by atoms with Crippen LogP contribution < -0.4 is 5.73 Å². The summed E-state index contributed by atoms with van der Waals surface area (Å²) in [6.45, 7) is 8.79. The fourth-order valence-electron chi connectivity index (χ4n) is 2.44. The Morgan fingerprint density at radius 1 is 1.33 bits per heavy atom. The molecule has 1 aromatic carbocycles. The molecule has 0 aromatic heterocycles. The predicted octanol–water partition coefficient (Wildman–Crippen LogP) is 2.56. The minimum atomic E-state index is 0.230. The van der Waals surface area contributed by atoms with Gasteiger partial charge in [-0.3, -0.25) is 9.80 Å². The average Bonchev–Trinajstić information content (AvgIpc) is 2.28. The molecule has 1 saturated heterocycles. The van der Waals surface area contributed by atoms with E-state index in [1.807, 2.05) is 12.1 Å². The molecule has 4 heteroatoms. The van der Waals surface area contributed by atoms with Crippen LogP contribution >= 0.6 is 15.9 Å². The zero-order valence-corrected chi connectivity index (χ0v) is 13.0. The zero-order valence-electron chi connectivity index (χ0n) is 11.4. The van der Waals surface area contributed by atoms with E-state index in [9.17, 15) is 0 Å². The highest BCUT2D eigenvalue weighted by atomic mass is 79.9. The SMILES string of the molecule is CN1CCN(Cc2c(N)cccc2Br)CC1(C)C. The van der Waals surface area contributed by atoms with Crippen molar-refractivity contribution < 1.29 is 0 Å². The highest BCUT2D eigenvalue weighted by molar-refractivity contribution is 9.10. The average molecular weight is 312 g/mol. The normalized spacial score (nSPS) is 21.1. The zero-order chi connectivity index (χ0) is 13.3. The van der Waals surface area contributed by atoms with Crippen LogP contribution in [0, 0.1) is 0 Å². The third-order valence-electron chi connectivity index (χ3n) is 3.93. The maximum absolute atomic E-state index is 6.07. The van der Waals surface area contributed by atoms with Crippen LogP contribution in [-0.2, 0) is 6.54 Å². The predicted molar refractivity (Wildman–Crippen MR) is 80.5 cm³/mol. The van der Waals surface area contributed by atoms with Crippen molar-refractivity contribution in [2.75, 3.05) is 32.4 Å². The molecule has 2 N–H and O–H groups in total. The van der Waals surface area contributed by atoms with Gasteiger partial charge in [0.2, 0.25) is 0 Å². The van der Waals surface area contributed by atoms with Crippen molar-refractivity contribution in [3.63, 3.8) is 0 Å². The number of nitrogens with two attached hydrogens (primary N) is 1. The van der Waals surface area contributed by atoms with Gasteiger partial charge in [-0.25, -0.2) is 0 Å². The first-order valence-corrected chi connectivity index (χ1v) is 7.16. The minimum absolute atomic E-state index is 0.230. The van der Waals surface area contributed by atoms with E-state index in [-0.39, 0.29) is 5.54 Å². The number of piperazine rings is 1. The lowest BCUT2D eigenvalue weighted by Gasteiger charge is -2.45. The summed E-state index contributed by atoms with van der Waals surface area (Å²) in [4.78, 5) is 4.91. The maximum atomic E-state index is 6.07. The van der Waals surface area contributed by atoms with E-state index < -0.39 is 0 Å². The largest absolute Gasteiger partial charge is 0.398 e. The molecule has 100 valence electrons. The molecule has 0 atom stereocenters. The molecule has 3 nitrogen and oxygen atoms in total. The van der Waals surface area contributed by atoms with Gasteiger partial charge in [0.25, 0.3) is 0 Å². The van der Waals surface area contributed by atoms with Crippen molar-refractivity contribution in [3.05, 3.63) is 28.2 Å². The molecule has 0 bridgehead atoms. The number of benzene rings is 1. The summed E-state index contributed by atoms with van der Waals surface area (Å²) in [5.74, 6) is 0. The number of rotatable bonds is 2. The summed E-state index contributed by atoms with van der Waals surface area (Å²) in [5, 5.41) is 0. The number of hydrogen-bond donors (Lipinski definition) is 1. The third-order valence-corrected chi connectivity index (χ3v) is 4.68. The van der Waals surface area contributed by atoms with Crippen LogP contribution in [-0.4, -0.2) is 42.0 Å². The van der Waals surface area contributed by atoms with Gasteiger partial charge < -0.3 is 5.73 Å². The quantitative estimate of drug-likeness (QED) is 0.852. The Hall–Kier alpha value is -0.580. The lowest BCUT2D eigenvalue weighted by Crippen LogP contribution is -2.57. The number of nitrogen functional groups attached to an aromatic ring is 1. The molecule has 0 spiro atoms. The van der Waals surface area contributed by atoms with Gasteiger partial charge in [0.05, 0.1) is 0 Å². The second kappa shape index (κ2) is 5.19. The van der Waals surface area contributed by atoms with Crippen LogP contribution in [0.4, 0.5) is 5.69 Å². The Morgan fingerprint density at radius 2 is 2.06 bits per heavy atom. The fourth-order valence-corrected chi connectivity index (χ4v) is 2.95. The number of anilines is 1. The fraction of sp³-hybridized carbons (Fsp3) is 0.571. The molecule has 0 saturated carbocycles. The second-order valence-corrected chi connectivity index (χ2v) is 6.61. The molecular weight excluding hydrogens is 290 g/mol. The Bertz CT molecular complexity index is 411. The summed E-state index contributed by atoms with van der Waals surface area (Å²) < 4.78 is 1.11. The van der Waals surface area contributed by atoms with Crippen molar-refractivity contribution in [2.24, 2.45) is 0 Å². The van der Waals surface area contributed by atoms with Crippen LogP contribution in [0.15, 0.2) is 22.7 Å². The van der Waals surface area contributed by atoms with Crippen molar-refractivity contribution in [1.29, 1.82) is 0 Å². The van der Waals surface area contributed by atoms with E-state index >= 15 is 0 Å². The molecule has 1 aliphatic rings. The Kier molecular flexibility index (Phi) is 3.99. The Labute approximate surface area is 118 Å². The van der Waals surface area contributed by atoms with Crippen LogP contribution in [0.3, 0.4) is 0 Å². The molecule has 1 aliphatic heterocycles. The van der Waals surface area contributed by atoms with E-state index in [0.29, 0.717) is 0 Å². The minimum Gasteiger partial charge on any atom is -0.398 e. The van der Waals surface area contributed by atoms with Crippen LogP contribution in [0.5, 0.6) is 0 Å². The smallest absolute Gasteiger partial charge is 0.0371 e. The highest BCUT2D eigenvalue weighted by Crippen LogP contribution is 2.26.